The molecule has 0 saturated carbocycles. The summed E-state index contributed by atoms with van der Waals surface area (Å²) in [6.07, 6.45) is 10.8. The molecule has 0 aliphatic carbocycles. The van der Waals surface area contributed by atoms with Crippen LogP contribution in [0.15, 0.2) is 60.8 Å². The highest BCUT2D eigenvalue weighted by Gasteiger charge is 2.32. The fraction of sp³-hybridized carbons (Fsp3) is 0.516. The highest BCUT2D eigenvalue weighted by molar-refractivity contribution is 5.86. The number of carbonyl (C=O) groups excluding carboxylic acids is 1. The first-order valence-electron chi connectivity index (χ1n) is 13.8. The van der Waals surface area contributed by atoms with Gasteiger partial charge in [-0.2, -0.15) is 0 Å². The zero-order valence-corrected chi connectivity index (χ0v) is 21.7. The van der Waals surface area contributed by atoms with E-state index in [9.17, 15) is 4.79 Å². The Labute approximate surface area is 211 Å². The Bertz CT molecular complexity index is 1030. The van der Waals surface area contributed by atoms with Crippen molar-refractivity contribution in [3.05, 3.63) is 71.9 Å². The lowest BCUT2D eigenvalue weighted by Crippen LogP contribution is -2.52. The second kappa shape index (κ2) is 12.9. The van der Waals surface area contributed by atoms with Crippen LogP contribution in [0.1, 0.15) is 63.5 Å². The zero-order valence-electron chi connectivity index (χ0n) is 21.7. The Morgan fingerprint density at radius 3 is 2.31 bits per heavy atom. The van der Waals surface area contributed by atoms with Crippen LogP contribution in [0.5, 0.6) is 0 Å². The molecule has 2 aromatic carbocycles. The summed E-state index contributed by atoms with van der Waals surface area (Å²) in [7, 11) is 0. The van der Waals surface area contributed by atoms with Crippen molar-refractivity contribution >= 4 is 16.8 Å². The van der Waals surface area contributed by atoms with Gasteiger partial charge in [-0.3, -0.25) is 9.69 Å². The van der Waals surface area contributed by atoms with Gasteiger partial charge in [-0.05, 0) is 74.7 Å². The number of fused-ring (bicyclic) bond motifs is 1. The van der Waals surface area contributed by atoms with E-state index in [-0.39, 0.29) is 6.04 Å². The van der Waals surface area contributed by atoms with Gasteiger partial charge in [0.15, 0.2) is 0 Å². The summed E-state index contributed by atoms with van der Waals surface area (Å²) < 4.78 is 0. The lowest BCUT2D eigenvalue weighted by molar-refractivity contribution is -0.138. The Morgan fingerprint density at radius 2 is 1.63 bits per heavy atom. The van der Waals surface area contributed by atoms with Gasteiger partial charge in [-0.25, -0.2) is 0 Å². The van der Waals surface area contributed by atoms with Crippen molar-refractivity contribution in [2.75, 3.05) is 26.2 Å². The monoisotopic (exact) mass is 473 g/mol. The summed E-state index contributed by atoms with van der Waals surface area (Å²) in [6, 6.07) is 19.2. The van der Waals surface area contributed by atoms with Crippen LogP contribution in [-0.4, -0.2) is 52.9 Å². The fourth-order valence-corrected chi connectivity index (χ4v) is 5.54. The molecule has 1 aromatic heterocycles. The van der Waals surface area contributed by atoms with Gasteiger partial charge in [0.2, 0.25) is 5.91 Å². The summed E-state index contributed by atoms with van der Waals surface area (Å²) in [6.45, 7) is 8.25. The molecule has 4 nitrogen and oxygen atoms in total. The number of aromatic nitrogens is 1. The maximum atomic E-state index is 14.1. The molecule has 35 heavy (non-hydrogen) atoms. The molecule has 1 atom stereocenters. The largest absolute Gasteiger partial charge is 0.361 e. The summed E-state index contributed by atoms with van der Waals surface area (Å²) in [4.78, 5) is 22.2. The molecule has 4 rings (SSSR count). The number of para-hydroxylation sites is 1. The first-order valence-corrected chi connectivity index (χ1v) is 13.8. The number of hydrogen-bond acceptors (Lipinski definition) is 2. The number of nitrogens with zero attached hydrogens (tertiary/aromatic N) is 2. The molecular formula is C31H43N3O. The van der Waals surface area contributed by atoms with E-state index in [2.05, 4.69) is 89.4 Å². The maximum absolute atomic E-state index is 14.1. The molecule has 188 valence electrons. The lowest BCUT2D eigenvalue weighted by Gasteiger charge is -2.38. The first kappa shape index (κ1) is 25.5. The topological polar surface area (TPSA) is 39.3 Å². The second-order valence-corrected chi connectivity index (χ2v) is 10.3. The highest BCUT2D eigenvalue weighted by atomic mass is 16.2. The number of benzene rings is 2. The van der Waals surface area contributed by atoms with Crippen molar-refractivity contribution in [1.82, 2.24) is 14.8 Å². The van der Waals surface area contributed by atoms with Gasteiger partial charge in [0.1, 0.15) is 0 Å². The van der Waals surface area contributed by atoms with Crippen molar-refractivity contribution in [3.63, 3.8) is 0 Å². The molecule has 0 bridgehead atoms. The van der Waals surface area contributed by atoms with E-state index in [0.717, 1.165) is 83.1 Å². The average Bonchev–Trinajstić information content (AvgIpc) is 3.31. The maximum Gasteiger partial charge on any atom is 0.240 e. The van der Waals surface area contributed by atoms with Crippen molar-refractivity contribution in [2.24, 2.45) is 5.92 Å². The Morgan fingerprint density at radius 1 is 0.971 bits per heavy atom. The number of nitrogens with one attached hydrogen (secondary N) is 1. The minimum atomic E-state index is -0.0852. The van der Waals surface area contributed by atoms with E-state index in [4.69, 9.17) is 0 Å². The predicted octanol–water partition coefficient (Wildman–Crippen LogP) is 6.46. The molecule has 2 heterocycles. The molecule has 0 spiro atoms. The third-order valence-electron chi connectivity index (χ3n) is 7.71. The van der Waals surface area contributed by atoms with Gasteiger partial charge in [0, 0.05) is 30.2 Å². The third-order valence-corrected chi connectivity index (χ3v) is 7.71. The number of unbranched alkanes of at least 4 members (excludes halogenated alkanes) is 2. The van der Waals surface area contributed by atoms with E-state index in [1.54, 1.807) is 0 Å². The lowest BCUT2D eigenvalue weighted by atomic mass is 9.89. The number of aromatic amines is 1. The summed E-state index contributed by atoms with van der Waals surface area (Å²) in [5.74, 6) is 1.01. The number of piperidine rings is 1. The predicted molar refractivity (Wildman–Crippen MR) is 147 cm³/mol. The van der Waals surface area contributed by atoms with E-state index in [0.29, 0.717) is 11.8 Å². The van der Waals surface area contributed by atoms with Gasteiger partial charge in [-0.1, -0.05) is 75.2 Å². The Kier molecular flexibility index (Phi) is 9.42. The molecule has 1 aliphatic rings. The number of amides is 1. The summed E-state index contributed by atoms with van der Waals surface area (Å²) >= 11 is 0. The van der Waals surface area contributed by atoms with Crippen LogP contribution in [0.3, 0.4) is 0 Å². The van der Waals surface area contributed by atoms with Crippen molar-refractivity contribution < 1.29 is 4.79 Å². The normalized spacial score (nSPS) is 15.7. The molecule has 1 N–H and O–H groups in total. The number of hydrogen-bond donors (Lipinski definition) is 1. The fourth-order valence-electron chi connectivity index (χ4n) is 5.54. The van der Waals surface area contributed by atoms with Crippen LogP contribution in [0.4, 0.5) is 0 Å². The van der Waals surface area contributed by atoms with Gasteiger partial charge in [-0.15, -0.1) is 0 Å². The van der Waals surface area contributed by atoms with Crippen LogP contribution in [-0.2, 0) is 17.6 Å². The van der Waals surface area contributed by atoms with Gasteiger partial charge in [0.25, 0.3) is 0 Å². The van der Waals surface area contributed by atoms with Crippen LogP contribution < -0.4 is 0 Å². The molecule has 1 amide bonds. The van der Waals surface area contributed by atoms with Gasteiger partial charge in [0.05, 0.1) is 6.04 Å². The molecule has 0 radical (unpaired) electrons. The van der Waals surface area contributed by atoms with Gasteiger partial charge >= 0.3 is 0 Å². The molecule has 4 heteroatoms. The van der Waals surface area contributed by atoms with E-state index in [1.165, 1.54) is 16.5 Å². The smallest absolute Gasteiger partial charge is 0.240 e. The van der Waals surface area contributed by atoms with Crippen LogP contribution >= 0.6 is 0 Å². The summed E-state index contributed by atoms with van der Waals surface area (Å²) in [5.41, 5.74) is 3.83. The average molecular weight is 474 g/mol. The second-order valence-electron chi connectivity index (χ2n) is 10.3. The number of likely N-dealkylation sites (tertiary alicyclic amines) is 1. The van der Waals surface area contributed by atoms with Crippen molar-refractivity contribution in [3.8, 4) is 0 Å². The molecule has 1 saturated heterocycles. The van der Waals surface area contributed by atoms with Crippen LogP contribution in [0, 0.1) is 5.92 Å². The quantitative estimate of drug-likeness (QED) is 0.328. The van der Waals surface area contributed by atoms with Crippen LogP contribution in [0.2, 0.25) is 0 Å². The third kappa shape index (κ3) is 6.76. The number of rotatable bonds is 12. The molecule has 1 aliphatic heterocycles. The van der Waals surface area contributed by atoms with Crippen LogP contribution in [0.25, 0.3) is 10.9 Å². The summed E-state index contributed by atoms with van der Waals surface area (Å²) in [5, 5.41) is 1.25. The number of carbonyl (C=O) groups is 1. The first-order chi connectivity index (χ1) is 17.2. The minimum Gasteiger partial charge on any atom is -0.361 e. The molecule has 0 unspecified atom stereocenters. The van der Waals surface area contributed by atoms with E-state index in [1.807, 2.05) is 0 Å². The van der Waals surface area contributed by atoms with E-state index >= 15 is 0 Å². The number of H-pyrrole nitrogens is 1. The zero-order chi connectivity index (χ0) is 24.5. The minimum absolute atomic E-state index is 0.0852. The van der Waals surface area contributed by atoms with Crippen molar-refractivity contribution in [2.45, 2.75) is 71.3 Å². The standard InChI is InChI=1S/C31H43N3O/c1-3-5-18-33(19-6-4-2)30(23-27-24-32-29-15-11-10-14-28(27)29)31(35)34-20-16-26(17-21-34)22-25-12-8-7-9-13-25/h7-15,24,26,30,32H,3-6,16-23H2,1-2H3/t30-/m0/s1. The van der Waals surface area contributed by atoms with Gasteiger partial charge < -0.3 is 9.88 Å². The molecular weight excluding hydrogens is 430 g/mol. The SMILES string of the molecule is CCCCN(CCCC)[C@@H](Cc1c[nH]c2ccccc12)C(=O)N1CCC(Cc2ccccc2)CC1. The molecule has 1 fully saturated rings. The Hall–Kier alpha value is -2.59. The highest BCUT2D eigenvalue weighted by Crippen LogP contribution is 2.26. The Balaban J connectivity index is 1.49. The van der Waals surface area contributed by atoms with E-state index < -0.39 is 0 Å². The molecule has 3 aromatic rings. The van der Waals surface area contributed by atoms with Crippen molar-refractivity contribution in [1.29, 1.82) is 0 Å².